The van der Waals surface area contributed by atoms with Crippen molar-refractivity contribution in [2.45, 2.75) is 65.1 Å². The summed E-state index contributed by atoms with van der Waals surface area (Å²) in [6.07, 6.45) is 1.06. The maximum absolute atomic E-state index is 11.3. The molecule has 0 aromatic carbocycles. The highest BCUT2D eigenvalue weighted by atomic mass is 16.1. The first kappa shape index (κ1) is 21.6. The Morgan fingerprint density at radius 1 is 1.00 bits per heavy atom. The molecule has 6 heteroatoms. The smallest absolute Gasteiger partial charge is 0.217 e. The molecule has 1 atom stereocenters. The van der Waals surface area contributed by atoms with Gasteiger partial charge in [-0.15, -0.1) is 0 Å². The minimum Gasteiger partial charge on any atom is -0.352 e. The molecule has 152 valence electrons. The summed E-state index contributed by atoms with van der Waals surface area (Å²) in [6.45, 7) is 22.9. The van der Waals surface area contributed by atoms with E-state index < -0.39 is 0 Å². The Balaban J connectivity index is 1.92. The molecule has 0 aromatic heterocycles. The number of rotatable bonds is 4. The van der Waals surface area contributed by atoms with Gasteiger partial charge in [-0.1, -0.05) is 0 Å². The van der Waals surface area contributed by atoms with Gasteiger partial charge in [-0.3, -0.25) is 19.5 Å². The van der Waals surface area contributed by atoms with Gasteiger partial charge in [0.1, 0.15) is 0 Å². The number of hydrogen-bond acceptors (Lipinski definition) is 5. The minimum atomic E-state index is 0.0861. The van der Waals surface area contributed by atoms with Crippen LogP contribution < -0.4 is 10.6 Å². The van der Waals surface area contributed by atoms with Crippen molar-refractivity contribution in [2.75, 3.05) is 58.9 Å². The van der Waals surface area contributed by atoms with Crippen LogP contribution in [-0.4, -0.2) is 96.6 Å². The van der Waals surface area contributed by atoms with Crippen molar-refractivity contribution in [1.29, 1.82) is 0 Å². The van der Waals surface area contributed by atoms with Crippen LogP contribution in [0.15, 0.2) is 0 Å². The summed E-state index contributed by atoms with van der Waals surface area (Å²) in [5, 5.41) is 6.68. The third-order valence-corrected chi connectivity index (χ3v) is 5.86. The average Bonchev–Trinajstić information content (AvgIpc) is 2.99. The zero-order valence-electron chi connectivity index (χ0n) is 17.9. The van der Waals surface area contributed by atoms with Gasteiger partial charge in [0.15, 0.2) is 0 Å². The van der Waals surface area contributed by atoms with Gasteiger partial charge < -0.3 is 10.6 Å². The Bertz CT molecular complexity index is 460. The van der Waals surface area contributed by atoms with Crippen molar-refractivity contribution in [3.05, 3.63) is 0 Å². The number of amides is 1. The lowest BCUT2D eigenvalue weighted by atomic mass is 10.0. The zero-order valence-corrected chi connectivity index (χ0v) is 17.9. The number of hydrogen-bond donors (Lipinski definition) is 2. The van der Waals surface area contributed by atoms with E-state index in [-0.39, 0.29) is 17.0 Å². The highest BCUT2D eigenvalue weighted by Gasteiger charge is 2.35. The second-order valence-corrected chi connectivity index (χ2v) is 9.63. The van der Waals surface area contributed by atoms with Gasteiger partial charge in [0, 0.05) is 82.9 Å². The van der Waals surface area contributed by atoms with Crippen LogP contribution in [0.2, 0.25) is 0 Å². The van der Waals surface area contributed by atoms with Gasteiger partial charge in [-0.05, 0) is 41.0 Å². The molecule has 0 bridgehead atoms. The van der Waals surface area contributed by atoms with Gasteiger partial charge >= 0.3 is 0 Å². The van der Waals surface area contributed by atoms with Crippen molar-refractivity contribution < 1.29 is 4.79 Å². The predicted molar refractivity (Wildman–Crippen MR) is 109 cm³/mol. The van der Waals surface area contributed by atoms with Crippen LogP contribution >= 0.6 is 0 Å². The number of likely N-dealkylation sites (tertiary alicyclic amines) is 1. The van der Waals surface area contributed by atoms with E-state index in [9.17, 15) is 4.79 Å². The molecule has 2 rings (SSSR count). The molecule has 2 saturated heterocycles. The zero-order chi connectivity index (χ0) is 19.4. The maximum atomic E-state index is 11.3. The molecule has 0 unspecified atom stereocenters. The molecule has 6 nitrogen and oxygen atoms in total. The number of nitrogens with one attached hydrogen (secondary N) is 2. The van der Waals surface area contributed by atoms with Crippen LogP contribution in [-0.2, 0) is 4.79 Å². The lowest BCUT2D eigenvalue weighted by Gasteiger charge is -2.41. The van der Waals surface area contributed by atoms with Crippen LogP contribution in [0.3, 0.4) is 0 Å². The monoisotopic (exact) mass is 367 g/mol. The van der Waals surface area contributed by atoms with Gasteiger partial charge in [-0.2, -0.15) is 0 Å². The molecule has 2 N–H and O–H groups in total. The quantitative estimate of drug-likeness (QED) is 0.776. The molecular weight excluding hydrogens is 326 g/mol. The second kappa shape index (κ2) is 9.00. The molecule has 0 aromatic rings. The standard InChI is InChI=1S/C20H41N5O/c1-17(26)22-18-7-10-25(15-18)20(5,6)16-23-11-8-21-9-12-24(14-13-23)19(2,3)4/h18,21H,7-16H2,1-6H3,(H,22,26)/t18-/m1/s1. The van der Waals surface area contributed by atoms with Gasteiger partial charge in [-0.25, -0.2) is 0 Å². The molecule has 2 fully saturated rings. The van der Waals surface area contributed by atoms with E-state index >= 15 is 0 Å². The maximum Gasteiger partial charge on any atom is 0.217 e. The lowest BCUT2D eigenvalue weighted by molar-refractivity contribution is -0.119. The van der Waals surface area contributed by atoms with Crippen molar-refractivity contribution >= 4 is 5.91 Å². The third kappa shape index (κ3) is 6.48. The van der Waals surface area contributed by atoms with Crippen molar-refractivity contribution in [3.63, 3.8) is 0 Å². The lowest BCUT2D eigenvalue weighted by Crippen LogP contribution is -2.53. The highest BCUT2D eigenvalue weighted by molar-refractivity contribution is 5.73. The van der Waals surface area contributed by atoms with Crippen molar-refractivity contribution in [3.8, 4) is 0 Å². The summed E-state index contributed by atoms with van der Waals surface area (Å²) in [6, 6.07) is 0.306. The molecule has 2 heterocycles. The first-order chi connectivity index (χ1) is 12.1. The van der Waals surface area contributed by atoms with E-state index in [1.807, 2.05) is 0 Å². The summed E-state index contributed by atoms with van der Waals surface area (Å²) in [5.41, 5.74) is 0.335. The summed E-state index contributed by atoms with van der Waals surface area (Å²) in [7, 11) is 0. The predicted octanol–water partition coefficient (Wildman–Crippen LogP) is 0.981. The number of carbonyl (C=O) groups excluding carboxylic acids is 1. The van der Waals surface area contributed by atoms with Gasteiger partial charge in [0.25, 0.3) is 0 Å². The third-order valence-electron chi connectivity index (χ3n) is 5.86. The Morgan fingerprint density at radius 2 is 1.69 bits per heavy atom. The molecule has 0 saturated carbocycles. The minimum absolute atomic E-state index is 0.0861. The first-order valence-corrected chi connectivity index (χ1v) is 10.3. The molecule has 0 aliphatic carbocycles. The molecule has 0 spiro atoms. The summed E-state index contributed by atoms with van der Waals surface area (Å²) >= 11 is 0. The van der Waals surface area contributed by atoms with E-state index in [2.05, 4.69) is 60.0 Å². The fourth-order valence-electron chi connectivity index (χ4n) is 4.25. The molecular formula is C20H41N5O. The average molecular weight is 368 g/mol. The Morgan fingerprint density at radius 3 is 2.35 bits per heavy atom. The van der Waals surface area contributed by atoms with Gasteiger partial charge in [0.05, 0.1) is 0 Å². The van der Waals surface area contributed by atoms with Crippen LogP contribution in [0.5, 0.6) is 0 Å². The summed E-state index contributed by atoms with van der Waals surface area (Å²) in [5.74, 6) is 0.0861. The van der Waals surface area contributed by atoms with Crippen LogP contribution in [0.25, 0.3) is 0 Å². The highest BCUT2D eigenvalue weighted by Crippen LogP contribution is 2.23. The van der Waals surface area contributed by atoms with Crippen molar-refractivity contribution in [1.82, 2.24) is 25.3 Å². The van der Waals surface area contributed by atoms with E-state index in [0.717, 1.165) is 65.3 Å². The Labute approximate surface area is 160 Å². The Kier molecular flexibility index (Phi) is 7.48. The number of nitrogens with zero attached hydrogens (tertiary/aromatic N) is 3. The van der Waals surface area contributed by atoms with Crippen LogP contribution in [0.1, 0.15) is 48.0 Å². The SMILES string of the molecule is CC(=O)N[C@@H]1CCN(C(C)(C)CN2CCNCCN(C(C)(C)C)CC2)C1. The summed E-state index contributed by atoms with van der Waals surface area (Å²) in [4.78, 5) is 19.1. The van der Waals surface area contributed by atoms with E-state index in [1.54, 1.807) is 6.92 Å². The van der Waals surface area contributed by atoms with Crippen LogP contribution in [0, 0.1) is 0 Å². The van der Waals surface area contributed by atoms with E-state index in [4.69, 9.17) is 0 Å². The fourth-order valence-corrected chi connectivity index (χ4v) is 4.25. The second-order valence-electron chi connectivity index (χ2n) is 9.63. The molecule has 0 radical (unpaired) electrons. The van der Waals surface area contributed by atoms with E-state index in [1.165, 1.54) is 0 Å². The topological polar surface area (TPSA) is 50.9 Å². The normalized spacial score (nSPS) is 25.5. The van der Waals surface area contributed by atoms with E-state index in [0.29, 0.717) is 6.04 Å². The molecule has 1 amide bonds. The Hall–Kier alpha value is -0.690. The summed E-state index contributed by atoms with van der Waals surface area (Å²) < 4.78 is 0. The first-order valence-electron chi connectivity index (χ1n) is 10.3. The van der Waals surface area contributed by atoms with Gasteiger partial charge in [0.2, 0.25) is 5.91 Å². The molecule has 2 aliphatic rings. The number of carbonyl (C=O) groups is 1. The van der Waals surface area contributed by atoms with Crippen molar-refractivity contribution in [2.24, 2.45) is 0 Å². The fraction of sp³-hybridized carbons (Fsp3) is 0.950. The molecule has 2 aliphatic heterocycles. The largest absolute Gasteiger partial charge is 0.352 e. The van der Waals surface area contributed by atoms with Crippen LogP contribution in [0.4, 0.5) is 0 Å². The molecule has 26 heavy (non-hydrogen) atoms.